The first kappa shape index (κ1) is 20.8. The van der Waals surface area contributed by atoms with Crippen molar-refractivity contribution in [2.45, 2.75) is 5.66 Å². The molecule has 1 atom stereocenters. The molecule has 8 heterocycles. The van der Waals surface area contributed by atoms with Crippen LogP contribution in [0, 0.1) is 0 Å². The van der Waals surface area contributed by atoms with Crippen LogP contribution in [-0.4, -0.2) is 13.8 Å². The summed E-state index contributed by atoms with van der Waals surface area (Å²) >= 11 is 0. The van der Waals surface area contributed by atoms with Crippen molar-refractivity contribution in [3.63, 3.8) is 0 Å². The first-order valence-corrected chi connectivity index (χ1v) is 15.1. The van der Waals surface area contributed by atoms with Gasteiger partial charge in [0.15, 0.2) is 16.6 Å². The average molecular weight is 562 g/mol. The summed E-state index contributed by atoms with van der Waals surface area (Å²) in [5.74, 6) is 1.83. The maximum atomic E-state index is 6.93. The third-order valence-corrected chi connectivity index (χ3v) is 10.6. The van der Waals surface area contributed by atoms with Crippen molar-refractivity contribution >= 4 is 76.8 Å². The third-order valence-electron chi connectivity index (χ3n) is 10.6. The van der Waals surface area contributed by atoms with Crippen LogP contribution in [0.2, 0.25) is 0 Å². The molecule has 0 saturated heterocycles. The maximum absolute atomic E-state index is 6.93. The van der Waals surface area contributed by atoms with Crippen LogP contribution in [0.1, 0.15) is 11.1 Å². The summed E-state index contributed by atoms with van der Waals surface area (Å²) in [6.45, 7) is 0. The van der Waals surface area contributed by atoms with Gasteiger partial charge in [0.2, 0.25) is 0 Å². The largest absolute Gasteiger partial charge is 0.456 e. The van der Waals surface area contributed by atoms with Gasteiger partial charge in [-0.1, -0.05) is 48.5 Å². The summed E-state index contributed by atoms with van der Waals surface area (Å²) in [4.78, 5) is 5.05. The molecule has 0 fully saturated rings. The number of aromatic nitrogens is 5. The monoisotopic (exact) mass is 561 g/mol. The number of hydrogen-bond acceptors (Lipinski definition) is 2. The second kappa shape index (κ2) is 6.33. The van der Waals surface area contributed by atoms with Gasteiger partial charge in [-0.25, -0.2) is 4.98 Å². The molecule has 3 aliphatic heterocycles. The van der Waals surface area contributed by atoms with E-state index in [1.807, 2.05) is 6.20 Å². The van der Waals surface area contributed by atoms with Gasteiger partial charge in [-0.05, 0) is 60.7 Å². The Morgan fingerprint density at radius 1 is 0.523 bits per heavy atom. The Kier molecular flexibility index (Phi) is 2.99. The van der Waals surface area contributed by atoms with Crippen molar-refractivity contribution < 1.29 is 13.9 Å². The maximum Gasteiger partial charge on any atom is 0.316 e. The topological polar surface area (TPSA) is 38.7 Å². The fraction of sp³-hybridized carbons (Fsp3) is 0.0263. The molecule has 1 spiro atoms. The van der Waals surface area contributed by atoms with Crippen molar-refractivity contribution in [1.29, 1.82) is 0 Å². The molecule has 10 aromatic rings. The van der Waals surface area contributed by atoms with Crippen LogP contribution in [0.5, 0.6) is 11.5 Å². The van der Waals surface area contributed by atoms with Crippen LogP contribution < -0.4 is 13.9 Å². The molecule has 3 aliphatic rings. The Balaban J connectivity index is 1.45. The molecule has 1 unspecified atom stereocenters. The fourth-order valence-electron chi connectivity index (χ4n) is 9.32. The molecule has 0 saturated carbocycles. The number of pyridine rings is 3. The fourth-order valence-corrected chi connectivity index (χ4v) is 9.32. The molecular weight excluding hydrogens is 542 g/mol. The number of hydrogen-bond donors (Lipinski definition) is 0. The van der Waals surface area contributed by atoms with E-state index in [-0.39, 0.29) is 0 Å². The molecule has 0 N–H and O–H groups in total. The van der Waals surface area contributed by atoms with Crippen LogP contribution in [0.3, 0.4) is 0 Å². The summed E-state index contributed by atoms with van der Waals surface area (Å²) in [6, 6.07) is 39.6. The lowest BCUT2D eigenvalue weighted by Crippen LogP contribution is -2.71. The molecule has 6 nitrogen and oxygen atoms in total. The minimum absolute atomic E-state index is 0.703. The summed E-state index contributed by atoms with van der Waals surface area (Å²) in [5, 5.41) is 7.43. The molecular formula is C38H19N5O+2. The van der Waals surface area contributed by atoms with Gasteiger partial charge in [-0.2, -0.15) is 17.9 Å². The predicted molar refractivity (Wildman–Crippen MR) is 170 cm³/mol. The Labute approximate surface area is 247 Å². The summed E-state index contributed by atoms with van der Waals surface area (Å²) in [5.41, 5.74) is 10.9. The van der Waals surface area contributed by atoms with Gasteiger partial charge < -0.3 is 4.74 Å². The molecule has 13 rings (SSSR count). The zero-order valence-corrected chi connectivity index (χ0v) is 23.1. The van der Waals surface area contributed by atoms with Gasteiger partial charge in [-0.15, -0.1) is 0 Å². The van der Waals surface area contributed by atoms with E-state index in [1.165, 1.54) is 65.6 Å². The van der Waals surface area contributed by atoms with E-state index in [1.54, 1.807) is 0 Å². The van der Waals surface area contributed by atoms with E-state index in [2.05, 4.69) is 127 Å². The van der Waals surface area contributed by atoms with Gasteiger partial charge in [0.05, 0.1) is 10.8 Å². The van der Waals surface area contributed by atoms with Gasteiger partial charge in [-0.3, -0.25) is 0 Å². The van der Waals surface area contributed by atoms with E-state index < -0.39 is 5.66 Å². The molecule has 0 bridgehead atoms. The lowest BCUT2D eigenvalue weighted by atomic mass is 9.85. The molecule has 6 heteroatoms. The average Bonchev–Trinajstić information content (AvgIpc) is 3.79. The van der Waals surface area contributed by atoms with Crippen LogP contribution in [-0.2, 0) is 5.66 Å². The Morgan fingerprint density at radius 2 is 1.09 bits per heavy atom. The Bertz CT molecular complexity index is 2880. The van der Waals surface area contributed by atoms with Crippen LogP contribution in [0.4, 0.5) is 0 Å². The Morgan fingerprint density at radius 3 is 1.82 bits per heavy atom. The van der Waals surface area contributed by atoms with Crippen LogP contribution in [0.25, 0.3) is 76.8 Å². The predicted octanol–water partition coefficient (Wildman–Crippen LogP) is 7.11. The highest BCUT2D eigenvalue weighted by molar-refractivity contribution is 6.19. The minimum atomic E-state index is -0.703. The number of fused-ring (bicyclic) bond motifs is 12. The molecule has 0 amide bonds. The SMILES string of the molecule is c1ccc2c(c1)c1ccc3c4c1c1n2c2ccccc2[n+]1C41c2c(ccc4c5ccccc5n5c6ncccc6[n+]1c5c24)O3. The highest BCUT2D eigenvalue weighted by atomic mass is 16.5. The first-order valence-electron chi connectivity index (χ1n) is 15.1. The molecule has 200 valence electrons. The summed E-state index contributed by atoms with van der Waals surface area (Å²) in [7, 11) is 0. The molecule has 0 aliphatic carbocycles. The number of para-hydroxylation sites is 4. The third kappa shape index (κ3) is 1.81. The highest BCUT2D eigenvalue weighted by Crippen LogP contribution is 2.58. The van der Waals surface area contributed by atoms with Crippen LogP contribution in [0.15, 0.2) is 115 Å². The van der Waals surface area contributed by atoms with Crippen molar-refractivity contribution in [2.75, 3.05) is 0 Å². The van der Waals surface area contributed by atoms with E-state index in [9.17, 15) is 0 Å². The lowest BCUT2D eigenvalue weighted by Gasteiger charge is -2.30. The lowest BCUT2D eigenvalue weighted by molar-refractivity contribution is -0.923. The number of ether oxygens (including phenoxy) is 1. The summed E-state index contributed by atoms with van der Waals surface area (Å²) < 4.78 is 17.0. The first-order chi connectivity index (χ1) is 21.9. The summed E-state index contributed by atoms with van der Waals surface area (Å²) in [6.07, 6.45) is 1.92. The van der Waals surface area contributed by atoms with E-state index in [4.69, 9.17) is 9.72 Å². The second-order valence-corrected chi connectivity index (χ2v) is 12.4. The zero-order chi connectivity index (χ0) is 28.1. The standard InChI is InChI=1S/C38H19N5O/c1-3-10-24-20(8-1)22-15-17-29-33-31(22)36-40(24)26-12-5-6-13-27(26)42(36)38(33)34-30(44-29)18-16-23-21-9-2-4-11-25(21)41-35-28(14-7-19-39-35)43(38)37(41)32(23)34/h1-19H/q+2. The van der Waals surface area contributed by atoms with Gasteiger partial charge in [0, 0.05) is 27.7 Å². The van der Waals surface area contributed by atoms with Crippen molar-refractivity contribution in [2.24, 2.45) is 0 Å². The normalized spacial score (nSPS) is 17.4. The molecule has 5 aromatic carbocycles. The van der Waals surface area contributed by atoms with Crippen molar-refractivity contribution in [3.8, 4) is 11.5 Å². The quantitative estimate of drug-likeness (QED) is 0.146. The number of rotatable bonds is 0. The van der Waals surface area contributed by atoms with Crippen molar-refractivity contribution in [1.82, 2.24) is 13.8 Å². The number of nitrogens with zero attached hydrogens (tertiary/aromatic N) is 5. The molecule has 5 aromatic heterocycles. The Hall–Kier alpha value is -6.01. The van der Waals surface area contributed by atoms with Gasteiger partial charge in [0.1, 0.15) is 33.7 Å². The van der Waals surface area contributed by atoms with E-state index in [0.29, 0.717) is 0 Å². The van der Waals surface area contributed by atoms with Gasteiger partial charge in [0.25, 0.3) is 5.65 Å². The molecule has 0 radical (unpaired) electrons. The smallest absolute Gasteiger partial charge is 0.316 e. The van der Waals surface area contributed by atoms with Crippen molar-refractivity contribution in [3.05, 3.63) is 127 Å². The minimum Gasteiger partial charge on any atom is -0.456 e. The molecule has 44 heavy (non-hydrogen) atoms. The van der Waals surface area contributed by atoms with E-state index >= 15 is 0 Å². The van der Waals surface area contributed by atoms with Gasteiger partial charge >= 0.3 is 17.0 Å². The van der Waals surface area contributed by atoms with Crippen LogP contribution >= 0.6 is 0 Å². The second-order valence-electron chi connectivity index (χ2n) is 12.4. The number of imidazole rings is 2. The number of benzene rings is 5. The zero-order valence-electron chi connectivity index (χ0n) is 23.1. The van der Waals surface area contributed by atoms with E-state index in [0.717, 1.165) is 33.8 Å². The highest BCUT2D eigenvalue weighted by Gasteiger charge is 2.67.